The van der Waals surface area contributed by atoms with Gasteiger partial charge < -0.3 is 10.1 Å². The molecule has 0 radical (unpaired) electrons. The van der Waals surface area contributed by atoms with Gasteiger partial charge in [0.15, 0.2) is 0 Å². The van der Waals surface area contributed by atoms with Crippen LogP contribution in [-0.2, 0) is 4.74 Å². The summed E-state index contributed by atoms with van der Waals surface area (Å²) in [4.78, 5) is 14.7. The second-order valence-electron chi connectivity index (χ2n) is 6.27. The third-order valence-corrected chi connectivity index (χ3v) is 4.72. The van der Waals surface area contributed by atoms with Crippen LogP contribution < -0.4 is 5.32 Å². The lowest BCUT2D eigenvalue weighted by atomic mass is 10.0. The molecule has 1 aromatic carbocycles. The molecule has 23 heavy (non-hydrogen) atoms. The van der Waals surface area contributed by atoms with E-state index in [1.807, 2.05) is 0 Å². The molecule has 0 bridgehead atoms. The molecule has 4 nitrogen and oxygen atoms in total. The average Bonchev–Trinajstić information content (AvgIpc) is 2.54. The lowest BCUT2D eigenvalue weighted by Crippen LogP contribution is -2.49. The maximum absolute atomic E-state index is 12.3. The molecule has 1 aliphatic rings. The lowest BCUT2D eigenvalue weighted by Gasteiger charge is -2.35. The van der Waals surface area contributed by atoms with Crippen molar-refractivity contribution in [2.45, 2.75) is 26.3 Å². The van der Waals surface area contributed by atoms with E-state index in [1.54, 1.807) is 18.2 Å². The summed E-state index contributed by atoms with van der Waals surface area (Å²) in [6, 6.07) is 5.26. The molecule has 1 atom stereocenters. The Balaban J connectivity index is 1.96. The Labute approximate surface area is 148 Å². The molecular formula is C17H24Cl2N2O2. The zero-order chi connectivity index (χ0) is 16.8. The molecule has 0 aromatic heterocycles. The summed E-state index contributed by atoms with van der Waals surface area (Å²) in [5, 5.41) is 3.87. The molecule has 1 N–H and O–H groups in total. The Bertz CT molecular complexity index is 531. The number of morpholine rings is 1. The Morgan fingerprint density at radius 3 is 2.57 bits per heavy atom. The highest BCUT2D eigenvalue weighted by atomic mass is 35.5. The molecular weight excluding hydrogens is 335 g/mol. The molecule has 2 rings (SSSR count). The summed E-state index contributed by atoms with van der Waals surface area (Å²) < 4.78 is 5.42. The van der Waals surface area contributed by atoms with Gasteiger partial charge in [-0.15, -0.1) is 0 Å². The van der Waals surface area contributed by atoms with Crippen LogP contribution in [0.4, 0.5) is 0 Å². The van der Waals surface area contributed by atoms with E-state index in [2.05, 4.69) is 24.1 Å². The monoisotopic (exact) mass is 358 g/mol. The summed E-state index contributed by atoms with van der Waals surface area (Å²) in [6.45, 7) is 8.38. The number of nitrogens with zero attached hydrogens (tertiary/aromatic N) is 1. The predicted molar refractivity (Wildman–Crippen MR) is 94.4 cm³/mol. The first-order chi connectivity index (χ1) is 11.0. The van der Waals surface area contributed by atoms with E-state index in [9.17, 15) is 4.79 Å². The third-order valence-electron chi connectivity index (χ3n) is 3.99. The fraction of sp³-hybridized carbons (Fsp3) is 0.588. The van der Waals surface area contributed by atoms with Crippen LogP contribution in [0.15, 0.2) is 18.2 Å². The molecule has 1 saturated heterocycles. The normalized spacial score (nSPS) is 17.3. The van der Waals surface area contributed by atoms with Gasteiger partial charge in [-0.05, 0) is 30.5 Å². The van der Waals surface area contributed by atoms with Gasteiger partial charge in [-0.1, -0.05) is 37.0 Å². The van der Waals surface area contributed by atoms with Crippen LogP contribution >= 0.6 is 23.2 Å². The SMILES string of the molecule is CC(C)CC(CNC(=O)c1ccc(Cl)c(Cl)c1)N1CCOCC1. The van der Waals surface area contributed by atoms with Gasteiger partial charge in [0.05, 0.1) is 23.3 Å². The van der Waals surface area contributed by atoms with Crippen molar-refractivity contribution in [2.75, 3.05) is 32.8 Å². The summed E-state index contributed by atoms with van der Waals surface area (Å²) in [6.07, 6.45) is 1.04. The molecule has 1 fully saturated rings. The standard InChI is InChI=1S/C17H24Cl2N2O2/c1-12(2)9-14(21-5-7-23-8-6-21)11-20-17(22)13-3-4-15(18)16(19)10-13/h3-4,10,12,14H,5-9,11H2,1-2H3,(H,20,22). The minimum absolute atomic E-state index is 0.120. The minimum atomic E-state index is -0.120. The Morgan fingerprint density at radius 2 is 1.96 bits per heavy atom. The second-order valence-corrected chi connectivity index (χ2v) is 7.09. The summed E-state index contributed by atoms with van der Waals surface area (Å²) in [5.74, 6) is 0.454. The molecule has 6 heteroatoms. The van der Waals surface area contributed by atoms with E-state index < -0.39 is 0 Å². The number of rotatable bonds is 6. The van der Waals surface area contributed by atoms with Crippen molar-refractivity contribution in [1.82, 2.24) is 10.2 Å². The zero-order valence-electron chi connectivity index (χ0n) is 13.6. The summed E-state index contributed by atoms with van der Waals surface area (Å²) >= 11 is 11.9. The highest BCUT2D eigenvalue weighted by Gasteiger charge is 2.22. The predicted octanol–water partition coefficient (Wildman–Crippen LogP) is 3.47. The molecule has 0 spiro atoms. The first kappa shape index (κ1) is 18.5. The van der Waals surface area contributed by atoms with Gasteiger partial charge in [0.25, 0.3) is 5.91 Å². The highest BCUT2D eigenvalue weighted by molar-refractivity contribution is 6.42. The fourth-order valence-electron chi connectivity index (χ4n) is 2.80. The maximum Gasteiger partial charge on any atom is 0.251 e. The van der Waals surface area contributed by atoms with E-state index in [1.165, 1.54) is 0 Å². The molecule has 128 valence electrons. The number of carbonyl (C=O) groups excluding carboxylic acids is 1. The molecule has 1 aromatic rings. The maximum atomic E-state index is 12.3. The highest BCUT2D eigenvalue weighted by Crippen LogP contribution is 2.22. The van der Waals surface area contributed by atoms with Crippen molar-refractivity contribution >= 4 is 29.1 Å². The number of hydrogen-bond acceptors (Lipinski definition) is 3. The van der Waals surface area contributed by atoms with Gasteiger partial charge in [-0.2, -0.15) is 0 Å². The van der Waals surface area contributed by atoms with E-state index >= 15 is 0 Å². The molecule has 0 saturated carbocycles. The van der Waals surface area contributed by atoms with Gasteiger partial charge in [0.1, 0.15) is 0 Å². The van der Waals surface area contributed by atoms with Crippen LogP contribution in [0.3, 0.4) is 0 Å². The summed E-state index contributed by atoms with van der Waals surface area (Å²) in [5.41, 5.74) is 0.532. The smallest absolute Gasteiger partial charge is 0.251 e. The molecule has 1 heterocycles. The fourth-order valence-corrected chi connectivity index (χ4v) is 3.10. The Hall–Kier alpha value is -0.810. The van der Waals surface area contributed by atoms with E-state index in [4.69, 9.17) is 27.9 Å². The molecule has 1 unspecified atom stereocenters. The van der Waals surface area contributed by atoms with Crippen LogP contribution in [-0.4, -0.2) is 49.7 Å². The van der Waals surface area contributed by atoms with Gasteiger partial charge in [-0.3, -0.25) is 9.69 Å². The number of ether oxygens (including phenoxy) is 1. The molecule has 0 aliphatic carbocycles. The molecule has 1 aliphatic heterocycles. The Morgan fingerprint density at radius 1 is 1.26 bits per heavy atom. The van der Waals surface area contributed by atoms with Crippen LogP contribution in [0, 0.1) is 5.92 Å². The number of benzene rings is 1. The van der Waals surface area contributed by atoms with Crippen molar-refractivity contribution in [3.8, 4) is 0 Å². The van der Waals surface area contributed by atoms with Crippen LogP contribution in [0.5, 0.6) is 0 Å². The quantitative estimate of drug-likeness (QED) is 0.846. The second kappa shape index (κ2) is 8.88. The number of carbonyl (C=O) groups is 1. The van der Waals surface area contributed by atoms with Gasteiger partial charge >= 0.3 is 0 Å². The minimum Gasteiger partial charge on any atom is -0.379 e. The van der Waals surface area contributed by atoms with Crippen LogP contribution in [0.25, 0.3) is 0 Å². The zero-order valence-corrected chi connectivity index (χ0v) is 15.2. The van der Waals surface area contributed by atoms with Gasteiger partial charge in [-0.25, -0.2) is 0 Å². The van der Waals surface area contributed by atoms with E-state index in [0.717, 1.165) is 32.7 Å². The van der Waals surface area contributed by atoms with Crippen molar-refractivity contribution in [3.05, 3.63) is 33.8 Å². The number of nitrogens with one attached hydrogen (secondary N) is 1. The van der Waals surface area contributed by atoms with E-state index in [0.29, 0.717) is 34.1 Å². The van der Waals surface area contributed by atoms with Crippen molar-refractivity contribution in [2.24, 2.45) is 5.92 Å². The topological polar surface area (TPSA) is 41.6 Å². The summed E-state index contributed by atoms with van der Waals surface area (Å²) in [7, 11) is 0. The van der Waals surface area contributed by atoms with Crippen molar-refractivity contribution in [3.63, 3.8) is 0 Å². The van der Waals surface area contributed by atoms with Crippen molar-refractivity contribution < 1.29 is 9.53 Å². The number of halogens is 2. The van der Waals surface area contributed by atoms with Gasteiger partial charge in [0.2, 0.25) is 0 Å². The van der Waals surface area contributed by atoms with Crippen LogP contribution in [0.2, 0.25) is 10.0 Å². The van der Waals surface area contributed by atoms with Crippen molar-refractivity contribution in [1.29, 1.82) is 0 Å². The third kappa shape index (κ3) is 5.64. The number of hydrogen-bond donors (Lipinski definition) is 1. The van der Waals surface area contributed by atoms with Gasteiger partial charge in [0, 0.05) is 31.2 Å². The first-order valence-corrected chi connectivity index (χ1v) is 8.78. The largest absolute Gasteiger partial charge is 0.379 e. The Kier molecular flexibility index (Phi) is 7.15. The molecule has 1 amide bonds. The average molecular weight is 359 g/mol. The van der Waals surface area contributed by atoms with Crippen LogP contribution in [0.1, 0.15) is 30.6 Å². The lowest BCUT2D eigenvalue weighted by molar-refractivity contribution is 0.0124. The first-order valence-electron chi connectivity index (χ1n) is 8.02. The van der Waals surface area contributed by atoms with E-state index in [-0.39, 0.29) is 5.91 Å². The number of amides is 1.